The third kappa shape index (κ3) is 3.73. The van der Waals surface area contributed by atoms with Gasteiger partial charge in [0, 0.05) is 18.2 Å². The van der Waals surface area contributed by atoms with E-state index in [1.54, 1.807) is 30.6 Å². The van der Waals surface area contributed by atoms with Crippen LogP contribution in [0.15, 0.2) is 42.9 Å². The zero-order valence-electron chi connectivity index (χ0n) is 15.5. The molecule has 0 bridgehead atoms. The van der Waals surface area contributed by atoms with Gasteiger partial charge in [0.2, 0.25) is 0 Å². The van der Waals surface area contributed by atoms with E-state index in [0.29, 0.717) is 22.9 Å². The molecule has 0 radical (unpaired) electrons. The molecular formula is C21H19FN6O. The second-order valence-electron chi connectivity index (χ2n) is 7.07. The van der Waals surface area contributed by atoms with Crippen LogP contribution in [0.3, 0.4) is 0 Å². The number of allylic oxidation sites excluding steroid dienone is 1. The van der Waals surface area contributed by atoms with Crippen LogP contribution in [0.5, 0.6) is 0 Å². The molecule has 3 N–H and O–H groups in total. The van der Waals surface area contributed by atoms with E-state index >= 15 is 0 Å². The molecule has 0 spiro atoms. The van der Waals surface area contributed by atoms with Crippen molar-refractivity contribution >= 4 is 11.8 Å². The molecular weight excluding hydrogens is 371 g/mol. The Morgan fingerprint density at radius 1 is 1.34 bits per heavy atom. The number of aliphatic hydroxyl groups is 1. The Bertz CT molecular complexity index is 1100. The van der Waals surface area contributed by atoms with Gasteiger partial charge in [-0.3, -0.25) is 5.41 Å². The molecule has 2 aromatic heterocycles. The van der Waals surface area contributed by atoms with Gasteiger partial charge in [-0.25, -0.2) is 14.4 Å². The number of aromatic nitrogens is 4. The number of imidazole rings is 2. The summed E-state index contributed by atoms with van der Waals surface area (Å²) in [5.74, 6) is 0.409. The Morgan fingerprint density at radius 3 is 2.76 bits per heavy atom. The number of benzene rings is 1. The van der Waals surface area contributed by atoms with Crippen molar-refractivity contribution in [1.82, 2.24) is 19.5 Å². The Morgan fingerprint density at radius 2 is 2.10 bits per heavy atom. The highest BCUT2D eigenvalue weighted by Crippen LogP contribution is 2.39. The summed E-state index contributed by atoms with van der Waals surface area (Å²) in [7, 11) is 0. The predicted molar refractivity (Wildman–Crippen MR) is 106 cm³/mol. The van der Waals surface area contributed by atoms with Crippen LogP contribution in [0.4, 0.5) is 4.39 Å². The molecule has 8 heteroatoms. The normalized spacial score (nSPS) is 18.5. The highest BCUT2D eigenvalue weighted by molar-refractivity contribution is 6.10. The summed E-state index contributed by atoms with van der Waals surface area (Å²) in [5.41, 5.74) is 2.52. The SMILES string of the molecule is N#Cc1cnc(/C=C\C(=N)c2c(-c3ccc(F)cc3)ncn2C2CC(CO)C2)[nH]1. The lowest BCUT2D eigenvalue weighted by Crippen LogP contribution is -2.30. The predicted octanol–water partition coefficient (Wildman–Crippen LogP) is 3.31. The number of nitriles is 1. The van der Waals surface area contributed by atoms with E-state index in [2.05, 4.69) is 15.0 Å². The van der Waals surface area contributed by atoms with Gasteiger partial charge in [0.25, 0.3) is 0 Å². The van der Waals surface area contributed by atoms with Gasteiger partial charge in [-0.1, -0.05) is 0 Å². The molecule has 29 heavy (non-hydrogen) atoms. The van der Waals surface area contributed by atoms with Crippen molar-refractivity contribution in [2.75, 3.05) is 6.61 Å². The van der Waals surface area contributed by atoms with Crippen LogP contribution in [0.2, 0.25) is 0 Å². The number of nitrogens with zero attached hydrogens (tertiary/aromatic N) is 4. The average Bonchev–Trinajstić information content (AvgIpc) is 3.33. The van der Waals surface area contributed by atoms with Crippen LogP contribution in [-0.4, -0.2) is 36.9 Å². The minimum absolute atomic E-state index is 0.155. The maximum atomic E-state index is 13.3. The molecule has 1 aliphatic rings. The summed E-state index contributed by atoms with van der Waals surface area (Å²) < 4.78 is 15.3. The Kier molecular flexibility index (Phi) is 5.06. The van der Waals surface area contributed by atoms with Crippen molar-refractivity contribution in [3.8, 4) is 17.3 Å². The Labute approximate surface area is 166 Å². The fourth-order valence-electron chi connectivity index (χ4n) is 3.52. The van der Waals surface area contributed by atoms with Gasteiger partial charge in [-0.05, 0) is 55.2 Å². The molecule has 2 heterocycles. The lowest BCUT2D eigenvalue weighted by Gasteiger charge is -2.36. The van der Waals surface area contributed by atoms with Gasteiger partial charge < -0.3 is 14.7 Å². The summed E-state index contributed by atoms with van der Waals surface area (Å²) in [4.78, 5) is 11.4. The summed E-state index contributed by atoms with van der Waals surface area (Å²) in [6.07, 6.45) is 8.01. The molecule has 0 amide bonds. The van der Waals surface area contributed by atoms with Crippen LogP contribution in [0.25, 0.3) is 17.3 Å². The molecule has 0 atom stereocenters. The second-order valence-corrected chi connectivity index (χ2v) is 7.07. The van der Waals surface area contributed by atoms with Gasteiger partial charge in [0.05, 0.1) is 29.6 Å². The summed E-state index contributed by atoms with van der Waals surface area (Å²) in [6, 6.07) is 8.16. The third-order valence-corrected chi connectivity index (χ3v) is 5.15. The highest BCUT2D eigenvalue weighted by atomic mass is 19.1. The maximum Gasteiger partial charge on any atom is 0.137 e. The van der Waals surface area contributed by atoms with Crippen molar-refractivity contribution < 1.29 is 9.50 Å². The topological polar surface area (TPSA) is 114 Å². The molecule has 1 aromatic carbocycles. The summed E-state index contributed by atoms with van der Waals surface area (Å²) >= 11 is 0. The number of hydrogen-bond donors (Lipinski definition) is 3. The minimum atomic E-state index is -0.333. The van der Waals surface area contributed by atoms with E-state index in [9.17, 15) is 9.50 Å². The first-order valence-electron chi connectivity index (χ1n) is 9.24. The van der Waals surface area contributed by atoms with E-state index in [4.69, 9.17) is 10.7 Å². The number of H-pyrrole nitrogens is 1. The molecule has 1 fully saturated rings. The molecule has 4 rings (SSSR count). The van der Waals surface area contributed by atoms with E-state index < -0.39 is 0 Å². The monoisotopic (exact) mass is 390 g/mol. The zero-order chi connectivity index (χ0) is 20.4. The number of halogens is 1. The quantitative estimate of drug-likeness (QED) is 0.560. The van der Waals surface area contributed by atoms with Gasteiger partial charge >= 0.3 is 0 Å². The van der Waals surface area contributed by atoms with E-state index in [1.807, 2.05) is 10.6 Å². The smallest absolute Gasteiger partial charge is 0.137 e. The Hall–Kier alpha value is -3.57. The average molecular weight is 390 g/mol. The standard InChI is InChI=1S/C21H19FN6O/c22-15-3-1-14(2-4-15)20-21(28(12-26-20)17-7-13(8-17)11-29)18(24)5-6-19-25-10-16(9-23)27-19/h1-6,10,12-13,17,24,29H,7-8,11H2,(H,25,27)/b6-5-,24-18?. The third-order valence-electron chi connectivity index (χ3n) is 5.15. The molecule has 0 saturated heterocycles. The van der Waals surface area contributed by atoms with Gasteiger partial charge in [0.15, 0.2) is 0 Å². The van der Waals surface area contributed by atoms with Crippen LogP contribution in [0.1, 0.15) is 36.1 Å². The number of nitrogens with one attached hydrogen (secondary N) is 2. The van der Waals surface area contributed by atoms with Gasteiger partial charge in [0.1, 0.15) is 23.4 Å². The van der Waals surface area contributed by atoms with Crippen molar-refractivity contribution in [2.45, 2.75) is 18.9 Å². The first-order valence-corrected chi connectivity index (χ1v) is 9.24. The molecule has 146 valence electrons. The van der Waals surface area contributed by atoms with Gasteiger partial charge in [-0.2, -0.15) is 5.26 Å². The van der Waals surface area contributed by atoms with E-state index in [1.165, 1.54) is 18.3 Å². The van der Waals surface area contributed by atoms with Crippen LogP contribution in [0, 0.1) is 28.5 Å². The molecule has 0 aliphatic heterocycles. The summed E-state index contributed by atoms with van der Waals surface area (Å²) in [5, 5.41) is 26.8. The van der Waals surface area contributed by atoms with E-state index in [-0.39, 0.29) is 30.1 Å². The van der Waals surface area contributed by atoms with Crippen LogP contribution >= 0.6 is 0 Å². The number of rotatable bonds is 6. The maximum absolute atomic E-state index is 13.3. The largest absolute Gasteiger partial charge is 0.396 e. The van der Waals surface area contributed by atoms with Gasteiger partial charge in [-0.15, -0.1) is 0 Å². The lowest BCUT2D eigenvalue weighted by molar-refractivity contribution is 0.112. The minimum Gasteiger partial charge on any atom is -0.396 e. The summed E-state index contributed by atoms with van der Waals surface area (Å²) in [6.45, 7) is 0.155. The molecule has 3 aromatic rings. The zero-order valence-corrected chi connectivity index (χ0v) is 15.5. The molecule has 0 unspecified atom stereocenters. The van der Waals surface area contributed by atoms with Crippen molar-refractivity contribution in [3.05, 3.63) is 65.9 Å². The highest BCUT2D eigenvalue weighted by Gasteiger charge is 2.32. The molecule has 7 nitrogen and oxygen atoms in total. The van der Waals surface area contributed by atoms with E-state index in [0.717, 1.165) is 18.4 Å². The molecule has 1 aliphatic carbocycles. The molecule has 1 saturated carbocycles. The number of hydrogen-bond acceptors (Lipinski definition) is 5. The van der Waals surface area contributed by atoms with Crippen molar-refractivity contribution in [2.24, 2.45) is 5.92 Å². The van der Waals surface area contributed by atoms with Crippen molar-refractivity contribution in [3.63, 3.8) is 0 Å². The fourth-order valence-corrected chi connectivity index (χ4v) is 3.52. The first-order chi connectivity index (χ1) is 14.1. The second kappa shape index (κ2) is 7.81. The van der Waals surface area contributed by atoms with Crippen molar-refractivity contribution in [1.29, 1.82) is 10.7 Å². The fraction of sp³-hybridized carbons (Fsp3) is 0.238. The first kappa shape index (κ1) is 18.8. The number of aromatic amines is 1. The number of aliphatic hydroxyl groups excluding tert-OH is 1. The lowest BCUT2D eigenvalue weighted by atomic mass is 9.80. The van der Waals surface area contributed by atoms with Crippen LogP contribution in [-0.2, 0) is 0 Å². The Balaban J connectivity index is 1.68. The van der Waals surface area contributed by atoms with Crippen LogP contribution < -0.4 is 0 Å².